The van der Waals surface area contributed by atoms with Gasteiger partial charge in [0.25, 0.3) is 0 Å². The van der Waals surface area contributed by atoms with Crippen molar-refractivity contribution in [3.63, 3.8) is 0 Å². The molecule has 0 spiro atoms. The van der Waals surface area contributed by atoms with E-state index in [1.165, 1.54) is 18.2 Å². The van der Waals surface area contributed by atoms with Crippen LogP contribution in [0, 0.1) is 17.6 Å². The van der Waals surface area contributed by atoms with Crippen molar-refractivity contribution in [1.29, 1.82) is 0 Å². The van der Waals surface area contributed by atoms with Gasteiger partial charge < -0.3 is 5.32 Å². The second-order valence-electron chi connectivity index (χ2n) is 5.02. The minimum atomic E-state index is -0.446. The summed E-state index contributed by atoms with van der Waals surface area (Å²) < 4.78 is 27.1. The van der Waals surface area contributed by atoms with Crippen LogP contribution in [0.2, 0.25) is 0 Å². The molecule has 0 aliphatic carbocycles. The highest BCUT2D eigenvalue weighted by Gasteiger charge is 2.16. The summed E-state index contributed by atoms with van der Waals surface area (Å²) in [6.07, 6.45) is 3.64. The molecule has 0 aliphatic heterocycles. The second kappa shape index (κ2) is 7.47. The Kier molecular flexibility index (Phi) is 6.27. The van der Waals surface area contributed by atoms with Gasteiger partial charge in [0.15, 0.2) is 0 Å². The van der Waals surface area contributed by atoms with Crippen LogP contribution in [0.4, 0.5) is 8.78 Å². The van der Waals surface area contributed by atoms with Crippen LogP contribution >= 0.6 is 0 Å². The first-order valence-electron chi connectivity index (χ1n) is 6.68. The number of hydrogen-bond donors (Lipinski definition) is 1. The standard InChI is InChI=1S/C15H23F2N/c1-4-6-11(2)9-12(18-3)10-13-14(16)7-5-8-15(13)17/h5,7-8,11-12,18H,4,6,9-10H2,1-3H3. The Labute approximate surface area is 109 Å². The first kappa shape index (κ1) is 15.1. The van der Waals surface area contributed by atoms with E-state index in [1.54, 1.807) is 0 Å². The highest BCUT2D eigenvalue weighted by Crippen LogP contribution is 2.19. The molecule has 0 saturated heterocycles. The molecule has 0 amide bonds. The van der Waals surface area contributed by atoms with Gasteiger partial charge in [0.1, 0.15) is 11.6 Å². The van der Waals surface area contributed by atoms with Gasteiger partial charge in [0.2, 0.25) is 0 Å². The van der Waals surface area contributed by atoms with E-state index in [0.29, 0.717) is 12.3 Å². The monoisotopic (exact) mass is 255 g/mol. The molecule has 2 unspecified atom stereocenters. The number of benzene rings is 1. The minimum Gasteiger partial charge on any atom is -0.317 e. The smallest absolute Gasteiger partial charge is 0.129 e. The third-order valence-corrected chi connectivity index (χ3v) is 3.39. The molecule has 18 heavy (non-hydrogen) atoms. The van der Waals surface area contributed by atoms with Crippen LogP contribution in [0.25, 0.3) is 0 Å². The summed E-state index contributed by atoms with van der Waals surface area (Å²) in [4.78, 5) is 0. The molecule has 102 valence electrons. The van der Waals surface area contributed by atoms with Crippen molar-refractivity contribution in [2.75, 3.05) is 7.05 Å². The Morgan fingerprint density at radius 2 is 1.83 bits per heavy atom. The van der Waals surface area contributed by atoms with Gasteiger partial charge >= 0.3 is 0 Å². The number of rotatable bonds is 7. The van der Waals surface area contributed by atoms with E-state index < -0.39 is 11.6 Å². The summed E-state index contributed by atoms with van der Waals surface area (Å²) in [5.74, 6) is -0.320. The van der Waals surface area contributed by atoms with Gasteiger partial charge in [-0.25, -0.2) is 8.78 Å². The van der Waals surface area contributed by atoms with E-state index in [-0.39, 0.29) is 11.6 Å². The first-order chi connectivity index (χ1) is 8.58. The van der Waals surface area contributed by atoms with Crippen LogP contribution in [-0.2, 0) is 6.42 Å². The highest BCUT2D eigenvalue weighted by molar-refractivity contribution is 5.20. The normalized spacial score (nSPS) is 14.5. The maximum absolute atomic E-state index is 13.6. The summed E-state index contributed by atoms with van der Waals surface area (Å²) in [5, 5.41) is 3.16. The Hall–Kier alpha value is -0.960. The zero-order valence-electron chi connectivity index (χ0n) is 11.5. The topological polar surface area (TPSA) is 12.0 Å². The fourth-order valence-electron chi connectivity index (χ4n) is 2.37. The lowest BCUT2D eigenvalue weighted by molar-refractivity contribution is 0.389. The predicted octanol–water partition coefficient (Wildman–Crippen LogP) is 3.92. The van der Waals surface area contributed by atoms with Crippen molar-refractivity contribution in [3.8, 4) is 0 Å². The van der Waals surface area contributed by atoms with Crippen molar-refractivity contribution in [1.82, 2.24) is 5.32 Å². The molecule has 1 aromatic rings. The number of nitrogens with one attached hydrogen (secondary N) is 1. The SMILES string of the molecule is CCCC(C)CC(Cc1c(F)cccc1F)NC. The quantitative estimate of drug-likeness (QED) is 0.778. The third-order valence-electron chi connectivity index (χ3n) is 3.39. The van der Waals surface area contributed by atoms with Crippen molar-refractivity contribution in [2.24, 2.45) is 5.92 Å². The summed E-state index contributed by atoms with van der Waals surface area (Å²) in [5.41, 5.74) is 0.195. The van der Waals surface area contributed by atoms with Gasteiger partial charge in [-0.2, -0.15) is 0 Å². The minimum absolute atomic E-state index is 0.123. The van der Waals surface area contributed by atoms with Gasteiger partial charge in [-0.05, 0) is 37.9 Å². The molecule has 1 N–H and O–H groups in total. The molecule has 0 heterocycles. The summed E-state index contributed by atoms with van der Waals surface area (Å²) in [6, 6.07) is 4.17. The van der Waals surface area contributed by atoms with Gasteiger partial charge in [-0.3, -0.25) is 0 Å². The molecular formula is C15H23F2N. The third kappa shape index (κ3) is 4.37. The maximum Gasteiger partial charge on any atom is 0.129 e. The highest BCUT2D eigenvalue weighted by atomic mass is 19.1. The molecule has 2 atom stereocenters. The summed E-state index contributed by atoms with van der Waals surface area (Å²) >= 11 is 0. The Morgan fingerprint density at radius 1 is 1.22 bits per heavy atom. The zero-order chi connectivity index (χ0) is 13.5. The van der Waals surface area contributed by atoms with E-state index >= 15 is 0 Å². The molecule has 1 aromatic carbocycles. The number of hydrogen-bond acceptors (Lipinski definition) is 1. The fourth-order valence-corrected chi connectivity index (χ4v) is 2.37. The maximum atomic E-state index is 13.6. The van der Waals surface area contributed by atoms with Crippen LogP contribution in [0.15, 0.2) is 18.2 Å². The van der Waals surface area contributed by atoms with E-state index in [9.17, 15) is 8.78 Å². The van der Waals surface area contributed by atoms with Gasteiger partial charge in [0, 0.05) is 11.6 Å². The van der Waals surface area contributed by atoms with Gasteiger partial charge in [-0.1, -0.05) is 32.8 Å². The Balaban J connectivity index is 2.68. The van der Waals surface area contributed by atoms with Gasteiger partial charge in [0.05, 0.1) is 0 Å². The molecule has 0 saturated carbocycles. The molecule has 1 nitrogen and oxygen atoms in total. The Bertz CT molecular complexity index is 345. The van der Waals surface area contributed by atoms with Crippen LogP contribution in [0.3, 0.4) is 0 Å². The predicted molar refractivity (Wildman–Crippen MR) is 71.6 cm³/mol. The molecule has 0 bridgehead atoms. The molecule has 0 fully saturated rings. The molecule has 0 radical (unpaired) electrons. The largest absolute Gasteiger partial charge is 0.317 e. The van der Waals surface area contributed by atoms with E-state index in [4.69, 9.17) is 0 Å². The number of likely N-dealkylation sites (N-methyl/N-ethyl adjacent to an activating group) is 1. The zero-order valence-corrected chi connectivity index (χ0v) is 11.5. The van der Waals surface area contributed by atoms with Crippen LogP contribution in [0.1, 0.15) is 38.7 Å². The lowest BCUT2D eigenvalue weighted by Gasteiger charge is -2.21. The van der Waals surface area contributed by atoms with Crippen molar-refractivity contribution in [2.45, 2.75) is 45.6 Å². The van der Waals surface area contributed by atoms with Gasteiger partial charge in [-0.15, -0.1) is 0 Å². The van der Waals surface area contributed by atoms with Crippen molar-refractivity contribution in [3.05, 3.63) is 35.4 Å². The number of halogens is 2. The second-order valence-corrected chi connectivity index (χ2v) is 5.02. The van der Waals surface area contributed by atoms with E-state index in [2.05, 4.69) is 19.2 Å². The average molecular weight is 255 g/mol. The van der Waals surface area contributed by atoms with Crippen LogP contribution < -0.4 is 5.32 Å². The van der Waals surface area contributed by atoms with Crippen LogP contribution in [-0.4, -0.2) is 13.1 Å². The Morgan fingerprint density at radius 3 is 2.33 bits per heavy atom. The van der Waals surface area contributed by atoms with Crippen LogP contribution in [0.5, 0.6) is 0 Å². The van der Waals surface area contributed by atoms with E-state index in [0.717, 1.165) is 19.3 Å². The lowest BCUT2D eigenvalue weighted by atomic mass is 9.93. The molecule has 3 heteroatoms. The average Bonchev–Trinajstić information content (AvgIpc) is 2.33. The molecular weight excluding hydrogens is 232 g/mol. The van der Waals surface area contributed by atoms with Crippen molar-refractivity contribution >= 4 is 0 Å². The molecule has 0 aromatic heterocycles. The molecule has 1 rings (SSSR count). The lowest BCUT2D eigenvalue weighted by Crippen LogP contribution is -2.30. The first-order valence-corrected chi connectivity index (χ1v) is 6.68. The van der Waals surface area contributed by atoms with Crippen molar-refractivity contribution < 1.29 is 8.78 Å². The summed E-state index contributed by atoms with van der Waals surface area (Å²) in [7, 11) is 1.85. The summed E-state index contributed by atoms with van der Waals surface area (Å²) in [6.45, 7) is 4.34. The van der Waals surface area contributed by atoms with E-state index in [1.807, 2.05) is 7.05 Å². The molecule has 0 aliphatic rings. The fraction of sp³-hybridized carbons (Fsp3) is 0.600.